The first-order valence-corrected chi connectivity index (χ1v) is 15.1. The minimum atomic E-state index is -1.05. The molecule has 0 unspecified atom stereocenters. The number of carbonyl (C=O) groups is 2. The fourth-order valence-corrected chi connectivity index (χ4v) is 7.80. The number of hydrogen-bond acceptors (Lipinski definition) is 6. The summed E-state index contributed by atoms with van der Waals surface area (Å²) in [5.74, 6) is 0.685. The van der Waals surface area contributed by atoms with E-state index < -0.39 is 17.1 Å². The van der Waals surface area contributed by atoms with Gasteiger partial charge in [0.2, 0.25) is 0 Å². The van der Waals surface area contributed by atoms with Crippen LogP contribution in [0.25, 0.3) is 0 Å². The fraction of sp³-hybridized carbons (Fsp3) is 0.688. The molecule has 1 aromatic rings. The van der Waals surface area contributed by atoms with E-state index in [1.807, 2.05) is 18.2 Å². The molecule has 1 saturated carbocycles. The Balaban J connectivity index is 1.24. The molecule has 38 heavy (non-hydrogen) atoms. The van der Waals surface area contributed by atoms with Gasteiger partial charge in [-0.1, -0.05) is 76.9 Å². The van der Waals surface area contributed by atoms with Gasteiger partial charge in [0, 0.05) is 37.5 Å². The van der Waals surface area contributed by atoms with E-state index in [0.29, 0.717) is 50.1 Å². The van der Waals surface area contributed by atoms with Crippen molar-refractivity contribution in [2.75, 3.05) is 13.1 Å². The molecule has 2 aliphatic heterocycles. The van der Waals surface area contributed by atoms with Gasteiger partial charge in [-0.15, -0.1) is 6.58 Å². The summed E-state index contributed by atoms with van der Waals surface area (Å²) in [7, 11) is 0. The van der Waals surface area contributed by atoms with Crippen molar-refractivity contribution in [3.63, 3.8) is 0 Å². The summed E-state index contributed by atoms with van der Waals surface area (Å²) in [5.41, 5.74) is 0.183. The van der Waals surface area contributed by atoms with Crippen LogP contribution in [0.3, 0.4) is 0 Å². The van der Waals surface area contributed by atoms with Crippen molar-refractivity contribution in [3.8, 4) is 11.5 Å². The van der Waals surface area contributed by atoms with Crippen LogP contribution >= 0.6 is 0 Å². The fourth-order valence-electron chi connectivity index (χ4n) is 7.80. The maximum absolute atomic E-state index is 13.1. The zero-order valence-corrected chi connectivity index (χ0v) is 23.1. The van der Waals surface area contributed by atoms with Crippen LogP contribution in [0.1, 0.15) is 108 Å². The first-order chi connectivity index (χ1) is 18.5. The minimum absolute atomic E-state index is 0.0392. The maximum atomic E-state index is 13.1. The Hall–Kier alpha value is -2.18. The number of nitrogens with zero attached hydrogens (tertiary/aromatic N) is 1. The Morgan fingerprint density at radius 2 is 1.84 bits per heavy atom. The third kappa shape index (κ3) is 4.62. The number of rotatable bonds is 14. The molecule has 208 valence electrons. The van der Waals surface area contributed by atoms with Crippen molar-refractivity contribution in [3.05, 3.63) is 35.9 Å². The summed E-state index contributed by atoms with van der Waals surface area (Å²) >= 11 is 0. The number of piperidine rings is 1. The van der Waals surface area contributed by atoms with Gasteiger partial charge in [0.15, 0.2) is 23.4 Å². The van der Waals surface area contributed by atoms with Crippen LogP contribution in [-0.2, 0) is 21.4 Å². The number of esters is 1. The normalized spacial score (nSPS) is 29.1. The number of likely N-dealkylation sites (tertiary alicyclic amines) is 1. The first kappa shape index (κ1) is 27.4. The molecule has 2 bridgehead atoms. The lowest BCUT2D eigenvalue weighted by molar-refractivity contribution is -0.187. The van der Waals surface area contributed by atoms with Crippen LogP contribution in [0.5, 0.6) is 11.5 Å². The Kier molecular flexibility index (Phi) is 8.30. The second-order valence-electron chi connectivity index (χ2n) is 11.9. The Bertz CT molecular complexity index is 1050. The lowest BCUT2D eigenvalue weighted by Gasteiger charge is -2.62. The average molecular weight is 524 g/mol. The molecule has 0 amide bonds. The van der Waals surface area contributed by atoms with Gasteiger partial charge in [0.25, 0.3) is 0 Å². The number of hydrogen-bond donors (Lipinski definition) is 1. The predicted molar refractivity (Wildman–Crippen MR) is 148 cm³/mol. The zero-order chi connectivity index (χ0) is 26.8. The molecule has 6 nitrogen and oxygen atoms in total. The number of ether oxygens (including phenoxy) is 2. The van der Waals surface area contributed by atoms with E-state index in [-0.39, 0.29) is 17.8 Å². The highest BCUT2D eigenvalue weighted by Crippen LogP contribution is 2.64. The van der Waals surface area contributed by atoms with Crippen LogP contribution in [-0.4, -0.2) is 52.6 Å². The number of Topliss-reactive ketones (excluding diaryl/α,β-unsaturated/α-hetero) is 1. The average Bonchev–Trinajstić information content (AvgIpc) is 3.26. The molecule has 5 rings (SSSR count). The van der Waals surface area contributed by atoms with Gasteiger partial charge in [-0.05, 0) is 37.3 Å². The van der Waals surface area contributed by atoms with Crippen LogP contribution in [0.15, 0.2) is 24.8 Å². The SMILES string of the molecule is C=CCN1CC[C@@]23c4c5ccc(OC(=O)CCCCCCCCCCCC)c4O[C@@H]2C(=O)CC[C@@]3(O)[C@H]1C5. The lowest BCUT2D eigenvalue weighted by atomic mass is 9.49. The minimum Gasteiger partial charge on any atom is -0.477 e. The monoisotopic (exact) mass is 523 g/mol. The Morgan fingerprint density at radius 1 is 1.13 bits per heavy atom. The number of unbranched alkanes of at least 4 members (excludes halogenated alkanes) is 9. The highest BCUT2D eigenvalue weighted by molar-refractivity contribution is 5.90. The molecule has 1 saturated heterocycles. The van der Waals surface area contributed by atoms with Gasteiger partial charge in [0.05, 0.1) is 11.0 Å². The smallest absolute Gasteiger partial charge is 0.311 e. The van der Waals surface area contributed by atoms with Crippen molar-refractivity contribution in [2.45, 2.75) is 126 Å². The molecule has 2 aliphatic carbocycles. The number of aliphatic hydroxyl groups is 1. The Labute approximate surface area is 227 Å². The first-order valence-electron chi connectivity index (χ1n) is 15.1. The molecule has 4 atom stereocenters. The summed E-state index contributed by atoms with van der Waals surface area (Å²) in [6, 6.07) is 3.75. The van der Waals surface area contributed by atoms with Gasteiger partial charge >= 0.3 is 5.97 Å². The van der Waals surface area contributed by atoms with Gasteiger partial charge in [-0.3, -0.25) is 14.5 Å². The van der Waals surface area contributed by atoms with Crippen LogP contribution in [0.4, 0.5) is 0 Å². The van der Waals surface area contributed by atoms with Gasteiger partial charge in [0.1, 0.15) is 0 Å². The van der Waals surface area contributed by atoms with Crippen LogP contribution < -0.4 is 9.47 Å². The molecule has 2 fully saturated rings. The van der Waals surface area contributed by atoms with Crippen LogP contribution in [0, 0.1) is 0 Å². The zero-order valence-electron chi connectivity index (χ0n) is 23.1. The summed E-state index contributed by atoms with van der Waals surface area (Å²) in [6.07, 6.45) is 15.8. The van der Waals surface area contributed by atoms with Crippen molar-refractivity contribution >= 4 is 11.8 Å². The second-order valence-corrected chi connectivity index (χ2v) is 11.9. The van der Waals surface area contributed by atoms with Crippen molar-refractivity contribution in [1.29, 1.82) is 0 Å². The van der Waals surface area contributed by atoms with E-state index in [1.165, 1.54) is 44.9 Å². The molecule has 1 spiro atoms. The van der Waals surface area contributed by atoms with Crippen LogP contribution in [0.2, 0.25) is 0 Å². The molecule has 1 N–H and O–H groups in total. The highest BCUT2D eigenvalue weighted by atomic mass is 16.6. The summed E-state index contributed by atoms with van der Waals surface area (Å²) in [4.78, 5) is 28.2. The van der Waals surface area contributed by atoms with Crippen molar-refractivity contribution in [2.24, 2.45) is 0 Å². The molecule has 0 radical (unpaired) electrons. The second kappa shape index (κ2) is 11.5. The van der Waals surface area contributed by atoms with E-state index >= 15 is 0 Å². The third-order valence-corrected chi connectivity index (χ3v) is 9.68. The van der Waals surface area contributed by atoms with E-state index in [2.05, 4.69) is 18.4 Å². The van der Waals surface area contributed by atoms with E-state index in [1.54, 1.807) is 0 Å². The lowest BCUT2D eigenvalue weighted by Crippen LogP contribution is -2.76. The maximum Gasteiger partial charge on any atom is 0.311 e. The molecule has 4 aliphatic rings. The Morgan fingerprint density at radius 3 is 2.55 bits per heavy atom. The standard InChI is InChI=1S/C32H45NO5/c1-3-5-6-7-8-9-10-11-12-13-14-27(35)37-25-16-15-23-22-26-32(36)18-17-24(34)30-31(32,28(23)29(25)38-30)19-21-33(26)20-4-2/h4,15-16,26,30,36H,2-3,5-14,17-22H2,1H3/t26-,30-,31-,32-/m1/s1. The molecular weight excluding hydrogens is 478 g/mol. The van der Waals surface area contributed by atoms with E-state index in [4.69, 9.17) is 9.47 Å². The van der Waals surface area contributed by atoms with Gasteiger partial charge in [-0.2, -0.15) is 0 Å². The number of ketones is 1. The number of carbonyl (C=O) groups excluding carboxylic acids is 2. The highest BCUT2D eigenvalue weighted by Gasteiger charge is 2.73. The largest absolute Gasteiger partial charge is 0.477 e. The van der Waals surface area contributed by atoms with Gasteiger partial charge in [-0.25, -0.2) is 0 Å². The quantitative estimate of drug-likeness (QED) is 0.143. The van der Waals surface area contributed by atoms with Crippen molar-refractivity contribution in [1.82, 2.24) is 4.90 Å². The summed E-state index contributed by atoms with van der Waals surface area (Å²) < 4.78 is 12.2. The van der Waals surface area contributed by atoms with E-state index in [0.717, 1.165) is 36.9 Å². The summed E-state index contributed by atoms with van der Waals surface area (Å²) in [5, 5.41) is 12.2. The molecular formula is C32H45NO5. The summed E-state index contributed by atoms with van der Waals surface area (Å²) in [6.45, 7) is 7.63. The number of benzene rings is 1. The molecule has 1 aromatic carbocycles. The van der Waals surface area contributed by atoms with E-state index in [9.17, 15) is 14.7 Å². The van der Waals surface area contributed by atoms with Gasteiger partial charge < -0.3 is 14.6 Å². The molecule has 6 heteroatoms. The third-order valence-electron chi connectivity index (χ3n) is 9.68. The predicted octanol–water partition coefficient (Wildman–Crippen LogP) is 5.81. The topological polar surface area (TPSA) is 76.1 Å². The molecule has 0 aromatic heterocycles. The van der Waals surface area contributed by atoms with Crippen molar-refractivity contribution < 1.29 is 24.2 Å². The molecule has 2 heterocycles.